The van der Waals surface area contributed by atoms with Crippen LogP contribution in [0.2, 0.25) is 0 Å². The predicted octanol–water partition coefficient (Wildman–Crippen LogP) is 0.160. The average Bonchev–Trinajstić information content (AvgIpc) is 2.81. The Balaban J connectivity index is 2.13. The van der Waals surface area contributed by atoms with Crippen LogP contribution in [0.15, 0.2) is 12.3 Å². The van der Waals surface area contributed by atoms with Gasteiger partial charge in [-0.15, -0.1) is 0 Å². The van der Waals surface area contributed by atoms with Crippen LogP contribution >= 0.6 is 0 Å². The second-order valence-electron chi connectivity index (χ2n) is 3.68. The van der Waals surface area contributed by atoms with Crippen molar-refractivity contribution < 1.29 is 4.74 Å². The Morgan fingerprint density at radius 2 is 2.53 bits per heavy atom. The van der Waals surface area contributed by atoms with Crippen molar-refractivity contribution >= 4 is 5.95 Å². The van der Waals surface area contributed by atoms with E-state index >= 15 is 0 Å². The zero-order valence-corrected chi connectivity index (χ0v) is 8.89. The van der Waals surface area contributed by atoms with Gasteiger partial charge in [-0.1, -0.05) is 0 Å². The first-order valence-electron chi connectivity index (χ1n) is 5.14. The summed E-state index contributed by atoms with van der Waals surface area (Å²) in [5.41, 5.74) is 6.41. The maximum atomic E-state index is 5.54. The zero-order chi connectivity index (χ0) is 10.7. The monoisotopic (exact) mass is 208 g/mol. The third-order valence-electron chi connectivity index (χ3n) is 2.68. The molecule has 0 bridgehead atoms. The van der Waals surface area contributed by atoms with E-state index in [-0.39, 0.29) is 0 Å². The highest BCUT2D eigenvalue weighted by molar-refractivity contribution is 5.31. The van der Waals surface area contributed by atoms with E-state index in [0.29, 0.717) is 12.6 Å². The molecule has 1 aromatic heterocycles. The topological polar surface area (TPSA) is 64.3 Å². The van der Waals surface area contributed by atoms with Crippen LogP contribution in [0.25, 0.3) is 0 Å². The lowest BCUT2D eigenvalue weighted by atomic mass is 10.2. The Hall–Kier alpha value is -1.20. The van der Waals surface area contributed by atoms with Crippen LogP contribution in [-0.4, -0.2) is 36.3 Å². The Morgan fingerprint density at radius 1 is 1.67 bits per heavy atom. The number of nitrogens with two attached hydrogens (primary N) is 1. The second-order valence-corrected chi connectivity index (χ2v) is 3.68. The first-order chi connectivity index (χ1) is 7.31. The lowest BCUT2D eigenvalue weighted by molar-refractivity contribution is 0.193. The first-order valence-corrected chi connectivity index (χ1v) is 5.14. The molecule has 2 heterocycles. The molecule has 5 nitrogen and oxygen atoms in total. The highest BCUT2D eigenvalue weighted by Crippen LogP contribution is 2.15. The Bertz CT molecular complexity index is 325. The van der Waals surface area contributed by atoms with Crippen molar-refractivity contribution in [3.05, 3.63) is 18.0 Å². The van der Waals surface area contributed by atoms with Gasteiger partial charge in [-0.05, 0) is 12.5 Å². The van der Waals surface area contributed by atoms with E-state index in [0.717, 1.165) is 31.3 Å². The van der Waals surface area contributed by atoms with Crippen LogP contribution in [0.5, 0.6) is 0 Å². The number of nitrogens with zero attached hydrogens (tertiary/aromatic N) is 3. The first kappa shape index (κ1) is 10.3. The summed E-state index contributed by atoms with van der Waals surface area (Å²) in [6.07, 6.45) is 2.78. The SMILES string of the molecule is CN(c1nccc(CN)n1)C1CCOC1. The fraction of sp³-hybridized carbons (Fsp3) is 0.600. The summed E-state index contributed by atoms with van der Waals surface area (Å²) >= 11 is 0. The standard InChI is InChI=1S/C10H16N4O/c1-14(9-3-5-15-7-9)10-12-4-2-8(6-11)13-10/h2,4,9H,3,5-7,11H2,1H3. The van der Waals surface area contributed by atoms with Crippen molar-refractivity contribution in [2.45, 2.75) is 19.0 Å². The number of hydrogen-bond acceptors (Lipinski definition) is 5. The fourth-order valence-corrected chi connectivity index (χ4v) is 1.66. The molecule has 1 aromatic rings. The van der Waals surface area contributed by atoms with Crippen molar-refractivity contribution in [1.29, 1.82) is 0 Å². The molecule has 0 radical (unpaired) electrons. The summed E-state index contributed by atoms with van der Waals surface area (Å²) < 4.78 is 5.33. The molecular formula is C10H16N4O. The molecule has 1 saturated heterocycles. The minimum absolute atomic E-state index is 0.387. The van der Waals surface area contributed by atoms with Gasteiger partial charge in [0, 0.05) is 26.4 Å². The third kappa shape index (κ3) is 2.24. The quantitative estimate of drug-likeness (QED) is 0.766. The number of hydrogen-bond donors (Lipinski definition) is 1. The Morgan fingerprint density at radius 3 is 3.20 bits per heavy atom. The second kappa shape index (κ2) is 4.55. The van der Waals surface area contributed by atoms with Crippen LogP contribution in [-0.2, 0) is 11.3 Å². The summed E-state index contributed by atoms with van der Waals surface area (Å²) in [6.45, 7) is 2.03. The van der Waals surface area contributed by atoms with Gasteiger partial charge in [0.15, 0.2) is 0 Å². The molecule has 2 rings (SSSR count). The van der Waals surface area contributed by atoms with E-state index in [1.807, 2.05) is 13.1 Å². The van der Waals surface area contributed by atoms with Crippen LogP contribution in [0.4, 0.5) is 5.95 Å². The third-order valence-corrected chi connectivity index (χ3v) is 2.68. The molecule has 1 fully saturated rings. The number of rotatable bonds is 3. The van der Waals surface area contributed by atoms with E-state index in [2.05, 4.69) is 14.9 Å². The van der Waals surface area contributed by atoms with Crippen molar-refractivity contribution in [2.75, 3.05) is 25.2 Å². The van der Waals surface area contributed by atoms with Crippen LogP contribution in [0.1, 0.15) is 12.1 Å². The van der Waals surface area contributed by atoms with E-state index in [9.17, 15) is 0 Å². The van der Waals surface area contributed by atoms with Crippen LogP contribution in [0.3, 0.4) is 0 Å². The highest BCUT2D eigenvalue weighted by Gasteiger charge is 2.22. The predicted molar refractivity (Wildman–Crippen MR) is 57.6 cm³/mol. The van der Waals surface area contributed by atoms with E-state index < -0.39 is 0 Å². The molecule has 0 aliphatic carbocycles. The summed E-state index contributed by atoms with van der Waals surface area (Å²) in [4.78, 5) is 10.7. The smallest absolute Gasteiger partial charge is 0.225 e. The van der Waals surface area contributed by atoms with E-state index in [4.69, 9.17) is 10.5 Å². The molecule has 2 N–H and O–H groups in total. The van der Waals surface area contributed by atoms with Gasteiger partial charge in [0.2, 0.25) is 5.95 Å². The van der Waals surface area contributed by atoms with Gasteiger partial charge >= 0.3 is 0 Å². The van der Waals surface area contributed by atoms with Crippen molar-refractivity contribution in [2.24, 2.45) is 5.73 Å². The molecular weight excluding hydrogens is 192 g/mol. The van der Waals surface area contributed by atoms with Crippen molar-refractivity contribution in [3.63, 3.8) is 0 Å². The molecule has 1 aliphatic heterocycles. The van der Waals surface area contributed by atoms with E-state index in [1.54, 1.807) is 6.20 Å². The number of aromatic nitrogens is 2. The van der Waals surface area contributed by atoms with Crippen LogP contribution < -0.4 is 10.6 Å². The van der Waals surface area contributed by atoms with Gasteiger partial charge in [0.25, 0.3) is 0 Å². The minimum Gasteiger partial charge on any atom is -0.379 e. The van der Waals surface area contributed by atoms with Gasteiger partial charge in [-0.25, -0.2) is 9.97 Å². The summed E-state index contributed by atoms with van der Waals surface area (Å²) in [7, 11) is 2.00. The normalized spacial score (nSPS) is 20.5. The van der Waals surface area contributed by atoms with Gasteiger partial charge in [0.05, 0.1) is 18.3 Å². The van der Waals surface area contributed by atoms with Crippen molar-refractivity contribution in [1.82, 2.24) is 9.97 Å². The molecule has 0 spiro atoms. The largest absolute Gasteiger partial charge is 0.379 e. The Labute approximate surface area is 89.3 Å². The molecule has 5 heteroatoms. The Kier molecular flexibility index (Phi) is 3.13. The number of ether oxygens (including phenoxy) is 1. The molecule has 0 amide bonds. The number of anilines is 1. The summed E-state index contributed by atoms with van der Waals surface area (Å²) in [5.74, 6) is 0.730. The number of likely N-dealkylation sites (N-methyl/N-ethyl adjacent to an activating group) is 1. The molecule has 15 heavy (non-hydrogen) atoms. The molecule has 0 aromatic carbocycles. The van der Waals surface area contributed by atoms with Gasteiger partial charge in [0.1, 0.15) is 0 Å². The zero-order valence-electron chi connectivity index (χ0n) is 8.89. The highest BCUT2D eigenvalue weighted by atomic mass is 16.5. The van der Waals surface area contributed by atoms with Gasteiger partial charge in [-0.3, -0.25) is 0 Å². The fourth-order valence-electron chi connectivity index (χ4n) is 1.66. The molecule has 0 saturated carbocycles. The minimum atomic E-state index is 0.387. The maximum Gasteiger partial charge on any atom is 0.225 e. The average molecular weight is 208 g/mol. The van der Waals surface area contributed by atoms with Crippen LogP contribution in [0, 0.1) is 0 Å². The molecule has 1 atom stereocenters. The van der Waals surface area contributed by atoms with Gasteiger partial charge < -0.3 is 15.4 Å². The summed E-state index contributed by atoms with van der Waals surface area (Å²) in [6, 6.07) is 2.22. The molecule has 1 aliphatic rings. The van der Waals surface area contributed by atoms with E-state index in [1.165, 1.54) is 0 Å². The van der Waals surface area contributed by atoms with Gasteiger partial charge in [-0.2, -0.15) is 0 Å². The summed E-state index contributed by atoms with van der Waals surface area (Å²) in [5, 5.41) is 0. The maximum absolute atomic E-state index is 5.54. The molecule has 82 valence electrons. The molecule has 1 unspecified atom stereocenters. The van der Waals surface area contributed by atoms with Crippen molar-refractivity contribution in [3.8, 4) is 0 Å². The lowest BCUT2D eigenvalue weighted by Crippen LogP contribution is -2.33. The lowest BCUT2D eigenvalue weighted by Gasteiger charge is -2.23.